The number of fused-ring (bicyclic) bond motifs is 3. The number of aromatic nitrogens is 3. The number of halogens is 1. The number of alkyl halides is 1. The summed E-state index contributed by atoms with van der Waals surface area (Å²) in [5.41, 5.74) is 1.87. The van der Waals surface area contributed by atoms with Crippen molar-refractivity contribution in [1.29, 1.82) is 0 Å². The van der Waals surface area contributed by atoms with Gasteiger partial charge in [0.15, 0.2) is 23.1 Å². The van der Waals surface area contributed by atoms with E-state index in [9.17, 15) is 5.11 Å². The lowest BCUT2D eigenvalue weighted by atomic mass is 9.96. The molecular weight excluding hydrogens is 449 g/mol. The number of ether oxygens (including phenoxy) is 2. The molecule has 0 radical (unpaired) electrons. The van der Waals surface area contributed by atoms with Crippen molar-refractivity contribution in [2.24, 2.45) is 0 Å². The van der Waals surface area contributed by atoms with Gasteiger partial charge in [-0.1, -0.05) is 12.1 Å². The van der Waals surface area contributed by atoms with E-state index >= 15 is 4.39 Å². The van der Waals surface area contributed by atoms with E-state index in [1.165, 1.54) is 0 Å². The zero-order chi connectivity index (χ0) is 25.3. The molecule has 9 heteroatoms. The molecule has 3 aliphatic heterocycles. The van der Waals surface area contributed by atoms with Gasteiger partial charge in [-0.2, -0.15) is 0 Å². The van der Waals surface area contributed by atoms with E-state index < -0.39 is 12.9 Å². The average molecular weight is 478 g/mol. The van der Waals surface area contributed by atoms with E-state index in [1.54, 1.807) is 36.5 Å². The first kappa shape index (κ1) is 18.8. The number of aromatic hydroxyl groups is 1. The Morgan fingerprint density at radius 2 is 1.86 bits per heavy atom. The second-order valence-corrected chi connectivity index (χ2v) is 9.75. The molecule has 7 rings (SSSR count). The number of nitrogens with zero attached hydrogens (tertiary/aromatic N) is 4. The van der Waals surface area contributed by atoms with Gasteiger partial charge in [-0.3, -0.25) is 0 Å². The summed E-state index contributed by atoms with van der Waals surface area (Å²) < 4.78 is 40.8. The van der Waals surface area contributed by atoms with Gasteiger partial charge in [-0.25, -0.2) is 9.37 Å². The molecular formula is C26H26FN5O3. The lowest BCUT2D eigenvalue weighted by Gasteiger charge is -2.40. The highest BCUT2D eigenvalue weighted by molar-refractivity contribution is 5.74. The van der Waals surface area contributed by atoms with Gasteiger partial charge in [0.25, 0.3) is 0 Å². The fourth-order valence-corrected chi connectivity index (χ4v) is 5.60. The van der Waals surface area contributed by atoms with Crippen LogP contribution in [-0.2, 0) is 0 Å². The molecule has 1 aromatic heterocycles. The maximum atomic E-state index is 15.3. The summed E-state index contributed by atoms with van der Waals surface area (Å²) in [6.45, 7) is -2.20. The smallest absolute Gasteiger partial charge is 0.231 e. The van der Waals surface area contributed by atoms with Crippen molar-refractivity contribution in [3.8, 4) is 39.8 Å². The Morgan fingerprint density at radius 1 is 1.03 bits per heavy atom. The van der Waals surface area contributed by atoms with Crippen LogP contribution in [0.15, 0.2) is 42.6 Å². The van der Waals surface area contributed by atoms with Crippen molar-refractivity contribution < 1.29 is 21.7 Å². The Hall–Kier alpha value is -3.46. The summed E-state index contributed by atoms with van der Waals surface area (Å²) in [4.78, 5) is 6.58. The second-order valence-electron chi connectivity index (χ2n) is 9.75. The molecule has 4 heterocycles. The van der Waals surface area contributed by atoms with E-state index in [4.69, 9.17) is 12.2 Å². The molecule has 1 aliphatic carbocycles. The number of hydrogen-bond donors (Lipinski definition) is 2. The average Bonchev–Trinajstić information content (AvgIpc) is 3.54. The molecule has 2 aromatic carbocycles. The number of phenolic OH excluding ortho intramolecular Hbond substituents is 1. The molecule has 8 nitrogen and oxygen atoms in total. The zero-order valence-electron chi connectivity index (χ0n) is 20.9. The van der Waals surface area contributed by atoms with E-state index in [1.807, 2.05) is 6.07 Å². The van der Waals surface area contributed by atoms with Gasteiger partial charge in [0.05, 0.1) is 17.8 Å². The number of benzene rings is 2. The highest BCUT2D eigenvalue weighted by Crippen LogP contribution is 2.41. The predicted octanol–water partition coefficient (Wildman–Crippen LogP) is 3.84. The zero-order valence-corrected chi connectivity index (χ0v) is 18.9. The van der Waals surface area contributed by atoms with Crippen molar-refractivity contribution in [2.45, 2.75) is 62.4 Å². The Morgan fingerprint density at radius 3 is 2.66 bits per heavy atom. The van der Waals surface area contributed by atoms with Crippen LogP contribution in [0.3, 0.4) is 0 Å². The van der Waals surface area contributed by atoms with E-state index in [-0.39, 0.29) is 29.7 Å². The van der Waals surface area contributed by atoms with Gasteiger partial charge in [-0.15, -0.1) is 10.2 Å². The fraction of sp³-hybridized carbons (Fsp3) is 0.423. The number of anilines is 1. The third-order valence-corrected chi connectivity index (χ3v) is 7.48. The summed E-state index contributed by atoms with van der Waals surface area (Å²) >= 11 is 0. The predicted molar refractivity (Wildman–Crippen MR) is 127 cm³/mol. The molecule has 2 saturated heterocycles. The lowest BCUT2D eigenvalue weighted by Crippen LogP contribution is -2.57. The third kappa shape index (κ3) is 3.65. The second kappa shape index (κ2) is 8.05. The van der Waals surface area contributed by atoms with Gasteiger partial charge < -0.3 is 24.8 Å². The summed E-state index contributed by atoms with van der Waals surface area (Å²) in [5.74, 6) is 1.47. The minimum absolute atomic E-state index is 0.0159. The highest BCUT2D eigenvalue weighted by Gasteiger charge is 2.48. The molecule has 2 N–H and O–H groups in total. The molecule has 3 aromatic rings. The van der Waals surface area contributed by atoms with Gasteiger partial charge in [0.1, 0.15) is 14.7 Å². The van der Waals surface area contributed by atoms with Crippen LogP contribution >= 0.6 is 0 Å². The monoisotopic (exact) mass is 477 g/mol. The molecule has 0 unspecified atom stereocenters. The topological polar surface area (TPSA) is 92.6 Å². The molecule has 35 heavy (non-hydrogen) atoms. The third-order valence-electron chi connectivity index (χ3n) is 7.48. The summed E-state index contributed by atoms with van der Waals surface area (Å²) in [6.07, 6.45) is 5.36. The molecule has 3 fully saturated rings. The van der Waals surface area contributed by atoms with E-state index in [0.717, 1.165) is 37.7 Å². The van der Waals surface area contributed by atoms with Crippen molar-refractivity contribution >= 4 is 5.82 Å². The SMILES string of the molecule is [2H]C1([2H])Oc2ccc(-c3ccc(-c4ncc(N(C5CC5)[C@@H]5C[C@@H]6CC[C@@H](N6)[C@@H]5F)nn4)c(O)c3)cc2O1. The number of nitrogens with one attached hydrogen (secondary N) is 1. The largest absolute Gasteiger partial charge is 0.507 e. The quantitative estimate of drug-likeness (QED) is 0.573. The van der Waals surface area contributed by atoms with Crippen LogP contribution < -0.4 is 19.7 Å². The van der Waals surface area contributed by atoms with Gasteiger partial charge in [0, 0.05) is 18.1 Å². The molecule has 2 bridgehead atoms. The molecule has 180 valence electrons. The fourth-order valence-electron chi connectivity index (χ4n) is 5.60. The molecule has 4 atom stereocenters. The first-order valence-electron chi connectivity index (χ1n) is 13.1. The summed E-state index contributed by atoms with van der Waals surface area (Å²) in [6, 6.07) is 10.5. The maximum Gasteiger partial charge on any atom is 0.231 e. The maximum absolute atomic E-state index is 15.3. The van der Waals surface area contributed by atoms with Gasteiger partial charge >= 0.3 is 0 Å². The first-order chi connectivity index (χ1) is 17.8. The van der Waals surface area contributed by atoms with Crippen LogP contribution in [-0.4, -0.2) is 57.4 Å². The minimum atomic E-state index is -2.20. The van der Waals surface area contributed by atoms with Crippen LogP contribution in [0, 0.1) is 0 Å². The van der Waals surface area contributed by atoms with E-state index in [2.05, 4.69) is 25.4 Å². The van der Waals surface area contributed by atoms with Crippen molar-refractivity contribution in [1.82, 2.24) is 20.5 Å². The van der Waals surface area contributed by atoms with Crippen molar-refractivity contribution in [3.05, 3.63) is 42.6 Å². The Bertz CT molecular complexity index is 1360. The van der Waals surface area contributed by atoms with Gasteiger partial charge in [0.2, 0.25) is 6.75 Å². The normalized spacial score (nSPS) is 28.9. The van der Waals surface area contributed by atoms with E-state index in [0.29, 0.717) is 34.5 Å². The summed E-state index contributed by atoms with van der Waals surface area (Å²) in [5, 5.41) is 22.9. The van der Waals surface area contributed by atoms with Crippen LogP contribution in [0.2, 0.25) is 0 Å². The van der Waals surface area contributed by atoms with Crippen molar-refractivity contribution in [2.75, 3.05) is 11.6 Å². The molecule has 1 saturated carbocycles. The molecule has 0 spiro atoms. The highest BCUT2D eigenvalue weighted by atomic mass is 19.1. The molecule has 4 aliphatic rings. The lowest BCUT2D eigenvalue weighted by molar-refractivity contribution is 0.171. The van der Waals surface area contributed by atoms with Gasteiger partial charge in [-0.05, 0) is 67.5 Å². The number of hydrogen-bond acceptors (Lipinski definition) is 8. The first-order valence-corrected chi connectivity index (χ1v) is 12.1. The Kier molecular flexibility index (Phi) is 4.33. The molecule has 0 amide bonds. The van der Waals surface area contributed by atoms with Crippen LogP contribution in [0.4, 0.5) is 10.2 Å². The van der Waals surface area contributed by atoms with Crippen LogP contribution in [0.5, 0.6) is 17.2 Å². The minimum Gasteiger partial charge on any atom is -0.507 e. The van der Waals surface area contributed by atoms with Crippen LogP contribution in [0.1, 0.15) is 34.8 Å². The summed E-state index contributed by atoms with van der Waals surface area (Å²) in [7, 11) is 0. The number of rotatable bonds is 5. The number of phenols is 1. The Balaban J connectivity index is 1.13. The van der Waals surface area contributed by atoms with Crippen molar-refractivity contribution in [3.63, 3.8) is 0 Å². The Labute approximate surface area is 204 Å². The van der Waals surface area contributed by atoms with Crippen LogP contribution in [0.25, 0.3) is 22.5 Å². The number of piperidine rings is 1. The standard InChI is InChI=1S/C26H26FN5O3/c27-25-19-7-3-16(29-19)11-20(25)32(17-4-5-17)24-12-28-26(31-30-24)18-6-1-14(9-21(18)33)15-2-8-22-23(10-15)35-13-34-22/h1-2,6,8-10,12,16-17,19-20,25,29,33H,3-5,7,11,13H2/t16-,19+,20+,25-/m0/s1/i13D2.